The summed E-state index contributed by atoms with van der Waals surface area (Å²) >= 11 is 1.03. The number of aromatic amines is 1. The minimum atomic E-state index is -4.37. The molecule has 2 aliphatic rings. The van der Waals surface area contributed by atoms with Gasteiger partial charge in [-0.1, -0.05) is 0 Å². The smallest absolute Gasteiger partial charge is 0.391 e. The molecule has 0 unspecified atom stereocenters. The number of aromatic nitrogens is 7. The van der Waals surface area contributed by atoms with Crippen molar-refractivity contribution in [1.82, 2.24) is 33.9 Å². The lowest BCUT2D eigenvalue weighted by Gasteiger charge is -2.23. The Morgan fingerprint density at radius 1 is 1.31 bits per heavy atom. The average molecular weight is 521 g/mol. The van der Waals surface area contributed by atoms with Gasteiger partial charge in [-0.25, -0.2) is 4.98 Å². The van der Waals surface area contributed by atoms with Crippen molar-refractivity contribution in [2.45, 2.75) is 43.0 Å². The number of alkyl halides is 3. The number of nitrogens with one attached hydrogen (secondary N) is 3. The predicted molar refractivity (Wildman–Crippen MR) is 122 cm³/mol. The molecule has 0 radical (unpaired) electrons. The maximum Gasteiger partial charge on any atom is 0.399 e. The van der Waals surface area contributed by atoms with Crippen LogP contribution in [0.4, 0.5) is 36.0 Å². The summed E-state index contributed by atoms with van der Waals surface area (Å²) in [5.74, 6) is 0.171. The van der Waals surface area contributed by atoms with E-state index in [9.17, 15) is 23.1 Å². The first kappa shape index (κ1) is 22.7. The molecule has 4 N–H and O–H groups in total. The van der Waals surface area contributed by atoms with Gasteiger partial charge in [0.2, 0.25) is 22.9 Å². The summed E-state index contributed by atoms with van der Waals surface area (Å²) in [7, 11) is 0. The van der Waals surface area contributed by atoms with Gasteiger partial charge in [0.05, 0.1) is 11.8 Å². The Balaban J connectivity index is 1.30. The van der Waals surface area contributed by atoms with E-state index in [1.54, 1.807) is 27.6 Å². The molecule has 6 rings (SSSR count). The van der Waals surface area contributed by atoms with E-state index in [-0.39, 0.29) is 49.2 Å². The molecule has 16 heteroatoms. The van der Waals surface area contributed by atoms with Crippen LogP contribution in [0.25, 0.3) is 5.65 Å². The summed E-state index contributed by atoms with van der Waals surface area (Å²) in [6.45, 7) is 0.116. The highest BCUT2D eigenvalue weighted by Gasteiger charge is 2.65. The minimum absolute atomic E-state index is 0.00777. The number of H-pyrrole nitrogens is 1. The van der Waals surface area contributed by atoms with Gasteiger partial charge in [0.15, 0.2) is 5.82 Å². The van der Waals surface area contributed by atoms with Crippen molar-refractivity contribution in [3.63, 3.8) is 0 Å². The zero-order valence-electron chi connectivity index (χ0n) is 18.4. The molecule has 1 saturated carbocycles. The number of amides is 1. The first-order chi connectivity index (χ1) is 17.2. The molecule has 0 bridgehead atoms. The van der Waals surface area contributed by atoms with Crippen LogP contribution in [-0.2, 0) is 10.2 Å². The molecule has 1 aliphatic carbocycles. The molecule has 12 nitrogen and oxygen atoms in total. The second-order valence-corrected chi connectivity index (χ2v) is 9.53. The van der Waals surface area contributed by atoms with Crippen LogP contribution in [0.2, 0.25) is 0 Å². The third kappa shape index (κ3) is 3.81. The number of anilines is 4. The SMILES string of the molecule is O=C(Nc1ncns1)[C@@H]1C[C@H](O)CN1c1nc(Nc2cc(C3(C(F)(F)F)CC3)[nH]n2)n2cccc2n1. The molecule has 1 saturated heterocycles. The number of halogens is 3. The molecule has 188 valence electrons. The van der Waals surface area contributed by atoms with Crippen molar-refractivity contribution in [1.29, 1.82) is 0 Å². The molecular formula is C20H19F3N10O2S. The summed E-state index contributed by atoms with van der Waals surface area (Å²) in [6.07, 6.45) is -1.97. The lowest BCUT2D eigenvalue weighted by molar-refractivity contribution is -0.161. The van der Waals surface area contributed by atoms with Crippen LogP contribution in [-0.4, -0.2) is 69.8 Å². The fraction of sp³-hybridized carbons (Fsp3) is 0.400. The second-order valence-electron chi connectivity index (χ2n) is 8.75. The van der Waals surface area contributed by atoms with Gasteiger partial charge >= 0.3 is 6.18 Å². The van der Waals surface area contributed by atoms with Crippen LogP contribution in [0.15, 0.2) is 30.7 Å². The molecule has 0 spiro atoms. The van der Waals surface area contributed by atoms with Crippen molar-refractivity contribution in [3.8, 4) is 0 Å². The van der Waals surface area contributed by atoms with Gasteiger partial charge < -0.3 is 15.3 Å². The number of carbonyl (C=O) groups is 1. The molecule has 4 aromatic rings. The van der Waals surface area contributed by atoms with Gasteiger partial charge in [-0.3, -0.25) is 19.6 Å². The van der Waals surface area contributed by atoms with Crippen molar-refractivity contribution < 1.29 is 23.1 Å². The third-order valence-electron chi connectivity index (χ3n) is 6.43. The highest BCUT2D eigenvalue weighted by molar-refractivity contribution is 7.09. The number of fused-ring (bicyclic) bond motifs is 1. The Kier molecular flexibility index (Phi) is 5.11. The van der Waals surface area contributed by atoms with E-state index < -0.39 is 29.6 Å². The quantitative estimate of drug-likeness (QED) is 0.300. The monoisotopic (exact) mass is 520 g/mol. The highest BCUT2D eigenvalue weighted by Crippen LogP contribution is 2.58. The second kappa shape index (κ2) is 8.12. The number of hydrogen-bond acceptors (Lipinski definition) is 10. The van der Waals surface area contributed by atoms with Crippen molar-refractivity contribution >= 4 is 45.9 Å². The summed E-state index contributed by atoms with van der Waals surface area (Å²) < 4.78 is 46.0. The molecule has 2 fully saturated rings. The summed E-state index contributed by atoms with van der Waals surface area (Å²) in [5, 5.41) is 22.8. The number of carbonyl (C=O) groups excluding carboxylic acids is 1. The summed E-state index contributed by atoms with van der Waals surface area (Å²) in [5.41, 5.74) is -1.41. The summed E-state index contributed by atoms with van der Waals surface area (Å²) in [4.78, 5) is 27.5. The molecule has 0 aromatic carbocycles. The number of aliphatic hydroxyl groups is 1. The van der Waals surface area contributed by atoms with Gasteiger partial charge in [0, 0.05) is 36.8 Å². The molecule has 1 aliphatic heterocycles. The Labute approximate surface area is 204 Å². The molecular weight excluding hydrogens is 501 g/mol. The number of aliphatic hydroxyl groups excluding tert-OH is 1. The van der Waals surface area contributed by atoms with E-state index in [2.05, 4.69) is 40.2 Å². The van der Waals surface area contributed by atoms with Gasteiger partial charge in [0.25, 0.3) is 0 Å². The van der Waals surface area contributed by atoms with E-state index in [0.29, 0.717) is 10.8 Å². The Morgan fingerprint density at radius 3 is 2.86 bits per heavy atom. The first-order valence-corrected chi connectivity index (χ1v) is 11.8. The Hall–Kier alpha value is -3.79. The normalized spacial score (nSPS) is 21.2. The largest absolute Gasteiger partial charge is 0.399 e. The molecule has 36 heavy (non-hydrogen) atoms. The van der Waals surface area contributed by atoms with Gasteiger partial charge in [-0.05, 0) is 25.0 Å². The van der Waals surface area contributed by atoms with E-state index in [4.69, 9.17) is 0 Å². The topological polar surface area (TPSA) is 149 Å². The fourth-order valence-electron chi connectivity index (χ4n) is 4.41. The predicted octanol–water partition coefficient (Wildman–Crippen LogP) is 2.22. The molecule has 4 aromatic heterocycles. The van der Waals surface area contributed by atoms with Crippen LogP contribution >= 0.6 is 11.5 Å². The average Bonchev–Trinajstić information content (AvgIpc) is 3.28. The van der Waals surface area contributed by atoms with E-state index in [1.807, 2.05) is 0 Å². The van der Waals surface area contributed by atoms with E-state index >= 15 is 0 Å². The van der Waals surface area contributed by atoms with Crippen LogP contribution in [0.1, 0.15) is 25.0 Å². The maximum atomic E-state index is 13.5. The molecule has 2 atom stereocenters. The Bertz CT molecular complexity index is 1410. The standard InChI is InChI=1S/C20H19F3N10O2S/c21-20(22,23)19(3-4-19)12-7-13(31-30-12)26-16-29-17(27-14-2-1-5-32(14)16)33-8-10(34)6-11(33)15(35)28-18-24-9-25-36-18/h1-2,5,7,9-11,34H,3-4,6,8H2,(H,24,25,28,35)(H2,26,27,29,30,31)/t10-,11-/m0/s1. The maximum absolute atomic E-state index is 13.5. The van der Waals surface area contributed by atoms with Gasteiger partial charge in [-0.15, -0.1) is 0 Å². The van der Waals surface area contributed by atoms with Crippen molar-refractivity contribution in [2.24, 2.45) is 0 Å². The van der Waals surface area contributed by atoms with Crippen LogP contribution in [0.5, 0.6) is 0 Å². The molecule has 1 amide bonds. The lowest BCUT2D eigenvalue weighted by atomic mass is 10.0. The van der Waals surface area contributed by atoms with Crippen LogP contribution in [0, 0.1) is 0 Å². The lowest BCUT2D eigenvalue weighted by Crippen LogP contribution is -2.40. The van der Waals surface area contributed by atoms with E-state index in [0.717, 1.165) is 11.5 Å². The van der Waals surface area contributed by atoms with Gasteiger partial charge in [-0.2, -0.15) is 32.6 Å². The van der Waals surface area contributed by atoms with Crippen LogP contribution in [0.3, 0.4) is 0 Å². The van der Waals surface area contributed by atoms with Gasteiger partial charge in [0.1, 0.15) is 23.4 Å². The molecule has 5 heterocycles. The van der Waals surface area contributed by atoms with Crippen molar-refractivity contribution in [2.75, 3.05) is 22.1 Å². The van der Waals surface area contributed by atoms with Crippen LogP contribution < -0.4 is 15.5 Å². The van der Waals surface area contributed by atoms with E-state index in [1.165, 1.54) is 12.4 Å². The fourth-order valence-corrected chi connectivity index (χ4v) is 4.85. The highest BCUT2D eigenvalue weighted by atomic mass is 32.1. The zero-order chi connectivity index (χ0) is 25.1. The number of rotatable bonds is 6. The number of nitrogens with zero attached hydrogens (tertiary/aromatic N) is 7. The Morgan fingerprint density at radius 2 is 2.14 bits per heavy atom. The van der Waals surface area contributed by atoms with Crippen molar-refractivity contribution in [3.05, 3.63) is 36.4 Å². The number of β-amino-alcohol motifs (C(OH)–C–C–N with tert-alkyl or cyclic N) is 1. The summed E-state index contributed by atoms with van der Waals surface area (Å²) in [6, 6.07) is 4.01. The minimum Gasteiger partial charge on any atom is -0.391 e. The number of hydrogen-bond donors (Lipinski definition) is 4. The third-order valence-corrected chi connectivity index (χ3v) is 7.01. The first-order valence-electron chi connectivity index (χ1n) is 11.0. The zero-order valence-corrected chi connectivity index (χ0v) is 19.2.